The summed E-state index contributed by atoms with van der Waals surface area (Å²) in [6.07, 6.45) is 2.81. The number of ether oxygens (including phenoxy) is 3. The largest absolute Gasteiger partial charge is 0.350 e. The van der Waals surface area contributed by atoms with E-state index in [4.69, 9.17) is 24.0 Å². The van der Waals surface area contributed by atoms with Crippen LogP contribution in [0.5, 0.6) is 0 Å². The second-order valence-electron chi connectivity index (χ2n) is 10.0. The number of fused-ring (bicyclic) bond motifs is 2. The summed E-state index contributed by atoms with van der Waals surface area (Å²) in [4.78, 5) is 24.0. The summed E-state index contributed by atoms with van der Waals surface area (Å²) in [5, 5.41) is 5.18. The quantitative estimate of drug-likeness (QED) is 0.502. The van der Waals surface area contributed by atoms with Crippen molar-refractivity contribution in [2.75, 3.05) is 18.5 Å². The zero-order valence-corrected chi connectivity index (χ0v) is 19.3. The highest BCUT2D eigenvalue weighted by Crippen LogP contribution is 2.60. The van der Waals surface area contributed by atoms with Crippen molar-refractivity contribution in [3.05, 3.63) is 30.1 Å². The third kappa shape index (κ3) is 4.04. The van der Waals surface area contributed by atoms with Crippen LogP contribution in [0.15, 0.2) is 24.3 Å². The van der Waals surface area contributed by atoms with Gasteiger partial charge in [-0.1, -0.05) is 26.0 Å². The lowest BCUT2D eigenvalue weighted by atomic mass is 9.58. The summed E-state index contributed by atoms with van der Waals surface area (Å²) in [6, 6.07) is 5.53. The molecular formula is C24H33FN2O6. The fraction of sp³-hybridized carbons (Fsp3) is 0.708. The number of carbonyl (C=O) groups is 1. The van der Waals surface area contributed by atoms with E-state index in [1.807, 2.05) is 6.92 Å². The summed E-state index contributed by atoms with van der Waals surface area (Å²) in [5.74, 6) is -0.255. The van der Waals surface area contributed by atoms with Crippen LogP contribution < -0.4 is 10.6 Å². The van der Waals surface area contributed by atoms with Crippen LogP contribution >= 0.6 is 0 Å². The molecule has 1 aromatic carbocycles. The molecule has 0 radical (unpaired) electrons. The van der Waals surface area contributed by atoms with Crippen molar-refractivity contribution in [2.45, 2.75) is 70.4 Å². The molecule has 8 nitrogen and oxygen atoms in total. The maximum absolute atomic E-state index is 13.7. The van der Waals surface area contributed by atoms with Crippen LogP contribution in [0.3, 0.4) is 0 Å². The van der Waals surface area contributed by atoms with E-state index in [2.05, 4.69) is 24.5 Å². The minimum atomic E-state index is -0.824. The van der Waals surface area contributed by atoms with Crippen molar-refractivity contribution < 1.29 is 33.2 Å². The van der Waals surface area contributed by atoms with E-state index in [1.165, 1.54) is 12.1 Å². The third-order valence-electron chi connectivity index (χ3n) is 7.89. The van der Waals surface area contributed by atoms with Gasteiger partial charge in [-0.05, 0) is 50.2 Å². The van der Waals surface area contributed by atoms with Crippen LogP contribution in [0.4, 0.5) is 14.9 Å². The van der Waals surface area contributed by atoms with Gasteiger partial charge >= 0.3 is 6.03 Å². The molecule has 1 aromatic rings. The van der Waals surface area contributed by atoms with Crippen molar-refractivity contribution in [1.29, 1.82) is 0 Å². The summed E-state index contributed by atoms with van der Waals surface area (Å²) in [6.45, 7) is 6.80. The molecule has 0 aromatic heterocycles. The number of para-hydroxylation sites is 1. The molecule has 4 heterocycles. The molecule has 1 aliphatic carbocycles. The molecule has 1 spiro atoms. The molecule has 2 amide bonds. The number of hydrogen-bond acceptors (Lipinski definition) is 6. The zero-order chi connectivity index (χ0) is 23.2. The first kappa shape index (κ1) is 23.0. The van der Waals surface area contributed by atoms with Crippen molar-refractivity contribution in [1.82, 2.24) is 5.32 Å². The highest BCUT2D eigenvalue weighted by atomic mass is 19.1. The Bertz CT molecular complexity index is 888. The van der Waals surface area contributed by atoms with Crippen LogP contribution in [0.25, 0.3) is 0 Å². The van der Waals surface area contributed by atoms with Gasteiger partial charge in [-0.2, -0.15) is 0 Å². The molecule has 2 N–H and O–H groups in total. The molecule has 4 saturated heterocycles. The second kappa shape index (κ2) is 8.78. The Morgan fingerprint density at radius 2 is 2.00 bits per heavy atom. The van der Waals surface area contributed by atoms with E-state index < -0.39 is 35.8 Å². The molecule has 2 bridgehead atoms. The fourth-order valence-corrected chi connectivity index (χ4v) is 6.13. The van der Waals surface area contributed by atoms with Crippen molar-refractivity contribution >= 4 is 11.7 Å². The molecular weight excluding hydrogens is 431 g/mol. The molecule has 0 unspecified atom stereocenters. The number of rotatable bonds is 5. The second-order valence-corrected chi connectivity index (χ2v) is 10.0. The van der Waals surface area contributed by atoms with E-state index in [-0.39, 0.29) is 30.7 Å². The van der Waals surface area contributed by atoms with E-state index in [0.717, 1.165) is 25.7 Å². The van der Waals surface area contributed by atoms with Crippen molar-refractivity contribution in [3.63, 3.8) is 0 Å². The minimum Gasteiger partial charge on any atom is -0.350 e. The molecule has 6 rings (SSSR count). The number of hydrogen-bond donors (Lipinski definition) is 2. The average molecular weight is 465 g/mol. The Labute approximate surface area is 193 Å². The molecule has 8 atom stereocenters. The molecule has 1 saturated carbocycles. The zero-order valence-electron chi connectivity index (χ0n) is 19.3. The Balaban J connectivity index is 1.20. The molecule has 9 heteroatoms. The highest BCUT2D eigenvalue weighted by Gasteiger charge is 2.69. The van der Waals surface area contributed by atoms with Gasteiger partial charge in [0.2, 0.25) is 5.79 Å². The Kier molecular flexibility index (Phi) is 6.11. The Morgan fingerprint density at radius 3 is 2.82 bits per heavy atom. The molecule has 5 aliphatic rings. The van der Waals surface area contributed by atoms with Crippen LogP contribution in [0.1, 0.15) is 46.5 Å². The van der Waals surface area contributed by atoms with Gasteiger partial charge in [-0.3, -0.25) is 0 Å². The van der Waals surface area contributed by atoms with E-state index >= 15 is 0 Å². The smallest absolute Gasteiger partial charge is 0.319 e. The van der Waals surface area contributed by atoms with Gasteiger partial charge in [0, 0.05) is 24.8 Å². The van der Waals surface area contributed by atoms with Gasteiger partial charge in [0.1, 0.15) is 5.82 Å². The minimum absolute atomic E-state index is 0.0677. The van der Waals surface area contributed by atoms with Gasteiger partial charge in [-0.25, -0.2) is 19.0 Å². The topological polar surface area (TPSA) is 87.3 Å². The number of urea groups is 1. The number of amides is 2. The molecule has 4 aliphatic heterocycles. The number of nitrogens with one attached hydrogen (secondary N) is 2. The Morgan fingerprint density at radius 1 is 1.18 bits per heavy atom. The summed E-state index contributed by atoms with van der Waals surface area (Å²) in [7, 11) is 0. The first-order valence-corrected chi connectivity index (χ1v) is 11.9. The lowest BCUT2D eigenvalue weighted by Gasteiger charge is -2.60. The predicted molar refractivity (Wildman–Crippen MR) is 116 cm³/mol. The number of halogens is 1. The molecule has 33 heavy (non-hydrogen) atoms. The summed E-state index contributed by atoms with van der Waals surface area (Å²) >= 11 is 0. The van der Waals surface area contributed by atoms with E-state index in [0.29, 0.717) is 11.8 Å². The van der Waals surface area contributed by atoms with E-state index in [9.17, 15) is 9.18 Å². The van der Waals surface area contributed by atoms with Gasteiger partial charge in [0.15, 0.2) is 18.2 Å². The lowest BCUT2D eigenvalue weighted by molar-refractivity contribution is -0.577. The van der Waals surface area contributed by atoms with Crippen LogP contribution in [-0.4, -0.2) is 43.2 Å². The van der Waals surface area contributed by atoms with Gasteiger partial charge in [0.25, 0.3) is 0 Å². The normalized spacial score (nSPS) is 41.7. The van der Waals surface area contributed by atoms with E-state index in [1.54, 1.807) is 12.1 Å². The van der Waals surface area contributed by atoms with Gasteiger partial charge in [0.05, 0.1) is 12.3 Å². The van der Waals surface area contributed by atoms with Gasteiger partial charge in [-0.15, -0.1) is 0 Å². The van der Waals surface area contributed by atoms with Crippen molar-refractivity contribution in [2.24, 2.45) is 23.7 Å². The van der Waals surface area contributed by atoms with Crippen LogP contribution in [0.2, 0.25) is 0 Å². The summed E-state index contributed by atoms with van der Waals surface area (Å²) < 4.78 is 32.4. The predicted octanol–water partition coefficient (Wildman–Crippen LogP) is 4.17. The average Bonchev–Trinajstić information content (AvgIpc) is 3.02. The van der Waals surface area contributed by atoms with Crippen LogP contribution in [-0.2, 0) is 24.0 Å². The third-order valence-corrected chi connectivity index (χ3v) is 7.89. The number of benzene rings is 1. The highest BCUT2D eigenvalue weighted by molar-refractivity contribution is 5.89. The Hall–Kier alpha value is -1.78. The number of anilines is 1. The maximum Gasteiger partial charge on any atom is 0.319 e. The first-order valence-electron chi connectivity index (χ1n) is 11.9. The number of carbonyl (C=O) groups excluding carboxylic acids is 1. The van der Waals surface area contributed by atoms with Crippen LogP contribution in [0, 0.1) is 29.5 Å². The van der Waals surface area contributed by atoms with Crippen molar-refractivity contribution in [3.8, 4) is 0 Å². The maximum atomic E-state index is 13.7. The SMILES string of the molecule is C[C@H]1[C@@H](OCCNC(=O)Nc2ccccc2F)O[C@@H]2O[C@]3(C)CC[C@H]4[C@H](C)CC[C@@H]1[C@@]24OO3. The fourth-order valence-electron chi connectivity index (χ4n) is 6.13. The lowest BCUT2D eigenvalue weighted by Crippen LogP contribution is -2.70. The first-order chi connectivity index (χ1) is 15.8. The molecule has 5 fully saturated rings. The van der Waals surface area contributed by atoms with Gasteiger partial charge < -0.3 is 24.8 Å². The summed E-state index contributed by atoms with van der Waals surface area (Å²) in [5.41, 5.74) is -0.493. The standard InChI is InChI=1S/C24H33FN2O6/c1-14-8-9-17-15(2)20(29-13-12-26-22(28)27-19-7-5-4-6-18(19)25)30-21-24(17)16(14)10-11-23(3,31-21)32-33-24/h4-7,14-17,20-21H,8-13H2,1-3H3,(H2,26,27,28)/t14-,15-,16+,17+,20+,21-,23+,24-/m1/s1. The monoisotopic (exact) mass is 464 g/mol. The molecule has 182 valence electrons.